The van der Waals surface area contributed by atoms with Gasteiger partial charge in [-0.25, -0.2) is 0 Å². The van der Waals surface area contributed by atoms with Gasteiger partial charge in [0.05, 0.1) is 13.2 Å². The van der Waals surface area contributed by atoms with Gasteiger partial charge in [0, 0.05) is 19.3 Å². The van der Waals surface area contributed by atoms with E-state index in [2.05, 4.69) is 20.8 Å². The summed E-state index contributed by atoms with van der Waals surface area (Å²) in [6, 6.07) is 8.33. The molecule has 0 aliphatic carbocycles. The molecular weight excluding hydrogens is 244 g/mol. The van der Waals surface area contributed by atoms with Crippen LogP contribution in [0.15, 0.2) is 28.7 Å². The van der Waals surface area contributed by atoms with E-state index in [1.165, 1.54) is 0 Å². The fourth-order valence-electron chi connectivity index (χ4n) is 1.57. The van der Waals surface area contributed by atoms with Crippen LogP contribution in [0.4, 0.5) is 11.7 Å². The van der Waals surface area contributed by atoms with E-state index in [0.29, 0.717) is 25.1 Å². The first-order valence-corrected chi connectivity index (χ1v) is 6.14. The highest BCUT2D eigenvalue weighted by Crippen LogP contribution is 2.18. The normalized spacial score (nSPS) is 10.6. The summed E-state index contributed by atoms with van der Waals surface area (Å²) in [7, 11) is 1.67. The molecule has 2 rings (SSSR count). The average Bonchev–Trinajstić information content (AvgIpc) is 2.85. The molecule has 0 aliphatic heterocycles. The van der Waals surface area contributed by atoms with Crippen LogP contribution in [0.1, 0.15) is 11.5 Å². The van der Waals surface area contributed by atoms with Crippen molar-refractivity contribution >= 4 is 11.7 Å². The highest BCUT2D eigenvalue weighted by atomic mass is 16.5. The lowest BCUT2D eigenvalue weighted by Crippen LogP contribution is -2.18. The molecule has 0 saturated carbocycles. The number of rotatable bonds is 7. The first kappa shape index (κ1) is 13.5. The summed E-state index contributed by atoms with van der Waals surface area (Å²) >= 11 is 0. The molecule has 0 aliphatic rings. The molecule has 2 N–H and O–H groups in total. The van der Waals surface area contributed by atoms with E-state index in [9.17, 15) is 0 Å². The zero-order valence-corrected chi connectivity index (χ0v) is 11.1. The second-order valence-electron chi connectivity index (χ2n) is 4.11. The molecule has 0 bridgehead atoms. The van der Waals surface area contributed by atoms with E-state index in [4.69, 9.17) is 9.15 Å². The molecule has 1 aromatic heterocycles. The number of nitrogens with one attached hydrogen (secondary N) is 2. The number of methoxy groups -OCH3 is 1. The Bertz CT molecular complexity index is 513. The molecule has 0 atom stereocenters. The minimum atomic E-state index is 0.401. The molecule has 6 heteroatoms. The fourth-order valence-corrected chi connectivity index (χ4v) is 1.57. The molecule has 19 heavy (non-hydrogen) atoms. The van der Waals surface area contributed by atoms with Crippen LogP contribution in [0, 0.1) is 6.92 Å². The van der Waals surface area contributed by atoms with Gasteiger partial charge in [-0.3, -0.25) is 0 Å². The monoisotopic (exact) mass is 262 g/mol. The van der Waals surface area contributed by atoms with Gasteiger partial charge in [-0.2, -0.15) is 0 Å². The van der Waals surface area contributed by atoms with Gasteiger partial charge in [-0.15, -0.1) is 5.10 Å². The van der Waals surface area contributed by atoms with Crippen LogP contribution in [0.3, 0.4) is 0 Å². The van der Waals surface area contributed by atoms with Crippen molar-refractivity contribution in [3.8, 4) is 0 Å². The number of nitrogens with zero attached hydrogens (tertiary/aromatic N) is 2. The Balaban J connectivity index is 1.89. The third kappa shape index (κ3) is 4.04. The zero-order valence-electron chi connectivity index (χ0n) is 11.1. The van der Waals surface area contributed by atoms with Crippen molar-refractivity contribution < 1.29 is 9.15 Å². The number of aromatic nitrogens is 2. The Kier molecular flexibility index (Phi) is 4.88. The topological polar surface area (TPSA) is 72.2 Å². The molecule has 0 amide bonds. The summed E-state index contributed by atoms with van der Waals surface area (Å²) in [5.41, 5.74) is 2.09. The van der Waals surface area contributed by atoms with Crippen LogP contribution >= 0.6 is 0 Å². The minimum absolute atomic E-state index is 0.401. The first-order valence-electron chi connectivity index (χ1n) is 6.14. The molecule has 2 aromatic rings. The maximum Gasteiger partial charge on any atom is 0.320 e. The van der Waals surface area contributed by atoms with E-state index in [1.807, 2.05) is 31.2 Å². The third-order valence-corrected chi connectivity index (χ3v) is 2.61. The molecule has 0 spiro atoms. The lowest BCUT2D eigenvalue weighted by Gasteiger charge is -2.04. The van der Waals surface area contributed by atoms with Crippen LogP contribution in [-0.2, 0) is 11.3 Å². The van der Waals surface area contributed by atoms with E-state index < -0.39 is 0 Å². The predicted molar refractivity (Wildman–Crippen MR) is 72.3 cm³/mol. The van der Waals surface area contributed by atoms with Gasteiger partial charge >= 0.3 is 6.01 Å². The van der Waals surface area contributed by atoms with Crippen molar-refractivity contribution in [2.45, 2.75) is 13.5 Å². The largest absolute Gasteiger partial charge is 0.406 e. The molecule has 1 aromatic carbocycles. The maximum absolute atomic E-state index is 5.49. The van der Waals surface area contributed by atoms with Crippen LogP contribution in [-0.4, -0.2) is 30.5 Å². The number of hydrogen-bond acceptors (Lipinski definition) is 6. The van der Waals surface area contributed by atoms with Crippen molar-refractivity contribution in [2.24, 2.45) is 0 Å². The lowest BCUT2D eigenvalue weighted by molar-refractivity contribution is 0.198. The van der Waals surface area contributed by atoms with E-state index in [1.54, 1.807) is 7.11 Å². The number of benzene rings is 1. The summed E-state index contributed by atoms with van der Waals surface area (Å²) in [4.78, 5) is 0. The Morgan fingerprint density at radius 3 is 2.89 bits per heavy atom. The Morgan fingerprint density at radius 2 is 2.11 bits per heavy atom. The zero-order chi connectivity index (χ0) is 13.5. The number of anilines is 2. The van der Waals surface area contributed by atoms with Gasteiger partial charge in [-0.1, -0.05) is 23.3 Å². The molecular formula is C13H18N4O2. The van der Waals surface area contributed by atoms with Gasteiger partial charge in [0.15, 0.2) is 0 Å². The average molecular weight is 262 g/mol. The van der Waals surface area contributed by atoms with E-state index in [0.717, 1.165) is 17.8 Å². The first-order chi connectivity index (χ1) is 9.29. The molecule has 0 radical (unpaired) electrons. The summed E-state index contributed by atoms with van der Waals surface area (Å²) in [5, 5.41) is 14.2. The van der Waals surface area contributed by atoms with E-state index >= 15 is 0 Å². The van der Waals surface area contributed by atoms with Gasteiger partial charge in [0.1, 0.15) is 0 Å². The SMILES string of the molecule is COCCNCc1nnc(Nc2ccccc2C)o1. The van der Waals surface area contributed by atoms with Crippen molar-refractivity contribution in [1.82, 2.24) is 15.5 Å². The second kappa shape index (κ2) is 6.86. The second-order valence-corrected chi connectivity index (χ2v) is 4.11. The smallest absolute Gasteiger partial charge is 0.320 e. The summed E-state index contributed by atoms with van der Waals surface area (Å²) < 4.78 is 10.4. The van der Waals surface area contributed by atoms with Crippen LogP contribution in [0.5, 0.6) is 0 Å². The molecule has 1 heterocycles. The van der Waals surface area contributed by atoms with Crippen LogP contribution in [0.2, 0.25) is 0 Å². The van der Waals surface area contributed by atoms with Crippen molar-refractivity contribution in [3.63, 3.8) is 0 Å². The van der Waals surface area contributed by atoms with Gasteiger partial charge < -0.3 is 19.8 Å². The lowest BCUT2D eigenvalue weighted by atomic mass is 10.2. The standard InChI is InChI=1S/C13H18N4O2/c1-10-5-3-4-6-11(10)15-13-17-16-12(19-13)9-14-7-8-18-2/h3-6,14H,7-9H2,1-2H3,(H,15,17). The molecule has 0 fully saturated rings. The molecule has 0 unspecified atom stereocenters. The predicted octanol–water partition coefficient (Wildman–Crippen LogP) is 1.86. The summed E-state index contributed by atoms with van der Waals surface area (Å²) in [5.74, 6) is 0.548. The molecule has 102 valence electrons. The number of hydrogen-bond donors (Lipinski definition) is 2. The van der Waals surface area contributed by atoms with Gasteiger partial charge in [-0.05, 0) is 18.6 Å². The number of para-hydroxylation sites is 1. The van der Waals surface area contributed by atoms with E-state index in [-0.39, 0.29) is 0 Å². The minimum Gasteiger partial charge on any atom is -0.406 e. The quantitative estimate of drug-likeness (QED) is 0.742. The Morgan fingerprint density at radius 1 is 1.26 bits per heavy atom. The van der Waals surface area contributed by atoms with Gasteiger partial charge in [0.2, 0.25) is 5.89 Å². The highest BCUT2D eigenvalue weighted by molar-refractivity contribution is 5.56. The highest BCUT2D eigenvalue weighted by Gasteiger charge is 2.06. The fraction of sp³-hybridized carbons (Fsp3) is 0.385. The summed E-state index contributed by atoms with van der Waals surface area (Å²) in [6.45, 7) is 3.96. The van der Waals surface area contributed by atoms with Crippen LogP contribution < -0.4 is 10.6 Å². The van der Waals surface area contributed by atoms with Crippen LogP contribution in [0.25, 0.3) is 0 Å². The Labute approximate surface area is 112 Å². The number of aryl methyl sites for hydroxylation is 1. The van der Waals surface area contributed by atoms with Crippen molar-refractivity contribution in [1.29, 1.82) is 0 Å². The van der Waals surface area contributed by atoms with Crippen molar-refractivity contribution in [2.75, 3.05) is 25.6 Å². The third-order valence-electron chi connectivity index (χ3n) is 2.61. The van der Waals surface area contributed by atoms with Gasteiger partial charge in [0.25, 0.3) is 0 Å². The molecule has 0 saturated heterocycles. The Hall–Kier alpha value is -1.92. The maximum atomic E-state index is 5.49. The van der Waals surface area contributed by atoms with Crippen molar-refractivity contribution in [3.05, 3.63) is 35.7 Å². The summed E-state index contributed by atoms with van der Waals surface area (Å²) in [6.07, 6.45) is 0. The molecule has 6 nitrogen and oxygen atoms in total. The number of ether oxygens (including phenoxy) is 1.